The van der Waals surface area contributed by atoms with Gasteiger partial charge >= 0.3 is 0 Å². The third kappa shape index (κ3) is 5.08. The summed E-state index contributed by atoms with van der Waals surface area (Å²) in [5.74, 6) is 1.26. The van der Waals surface area contributed by atoms with Gasteiger partial charge in [0.25, 0.3) is 0 Å². The average molecular weight is 278 g/mol. The molecule has 0 radical (unpaired) electrons. The molecular weight excluding hydrogens is 256 g/mol. The molecule has 1 aromatic rings. The van der Waals surface area contributed by atoms with Gasteiger partial charge in [0.05, 0.1) is 26.4 Å². The second-order valence-electron chi connectivity index (χ2n) is 4.98. The molecule has 0 heterocycles. The molecule has 0 saturated heterocycles. The van der Waals surface area contributed by atoms with Gasteiger partial charge in [-0.2, -0.15) is 5.26 Å². The Bertz CT molecular complexity index is 467. The SMILES string of the molecule is COc1cc(CO)ccc1OCCCCC(C)(N)C#N. The van der Waals surface area contributed by atoms with Gasteiger partial charge in [-0.15, -0.1) is 0 Å². The highest BCUT2D eigenvalue weighted by atomic mass is 16.5. The summed E-state index contributed by atoms with van der Waals surface area (Å²) in [4.78, 5) is 0. The summed E-state index contributed by atoms with van der Waals surface area (Å²) in [6, 6.07) is 7.41. The van der Waals surface area contributed by atoms with Crippen LogP contribution in [0.3, 0.4) is 0 Å². The molecule has 0 aliphatic carbocycles. The van der Waals surface area contributed by atoms with Crippen LogP contribution < -0.4 is 15.2 Å². The summed E-state index contributed by atoms with van der Waals surface area (Å²) >= 11 is 0. The Hall–Kier alpha value is -1.77. The van der Waals surface area contributed by atoms with Crippen molar-refractivity contribution in [2.24, 2.45) is 5.73 Å². The van der Waals surface area contributed by atoms with Gasteiger partial charge in [-0.05, 0) is 43.9 Å². The highest BCUT2D eigenvalue weighted by Crippen LogP contribution is 2.28. The largest absolute Gasteiger partial charge is 0.493 e. The lowest BCUT2D eigenvalue weighted by molar-refractivity contribution is 0.273. The third-order valence-corrected chi connectivity index (χ3v) is 3.01. The van der Waals surface area contributed by atoms with Crippen LogP contribution in [0.15, 0.2) is 18.2 Å². The van der Waals surface area contributed by atoms with Crippen LogP contribution in [0.5, 0.6) is 11.5 Å². The number of methoxy groups -OCH3 is 1. The number of hydrogen-bond acceptors (Lipinski definition) is 5. The van der Waals surface area contributed by atoms with Crippen LogP contribution in [0, 0.1) is 11.3 Å². The first kappa shape index (κ1) is 16.3. The molecule has 0 aliphatic rings. The first-order chi connectivity index (χ1) is 9.52. The van der Waals surface area contributed by atoms with E-state index in [0.717, 1.165) is 18.4 Å². The zero-order chi connectivity index (χ0) is 15.0. The molecule has 0 bridgehead atoms. The van der Waals surface area contributed by atoms with Gasteiger partial charge in [-0.25, -0.2) is 0 Å². The van der Waals surface area contributed by atoms with Crippen LogP contribution in [0.1, 0.15) is 31.7 Å². The van der Waals surface area contributed by atoms with Gasteiger partial charge in [0.15, 0.2) is 11.5 Å². The summed E-state index contributed by atoms with van der Waals surface area (Å²) in [6.07, 6.45) is 2.30. The molecule has 1 rings (SSSR count). The molecule has 0 amide bonds. The zero-order valence-corrected chi connectivity index (χ0v) is 12.1. The summed E-state index contributed by atoms with van der Waals surface area (Å²) in [7, 11) is 1.57. The first-order valence-corrected chi connectivity index (χ1v) is 6.63. The molecule has 0 saturated carbocycles. The number of hydrogen-bond donors (Lipinski definition) is 2. The van der Waals surface area contributed by atoms with E-state index >= 15 is 0 Å². The fourth-order valence-corrected chi connectivity index (χ4v) is 1.76. The number of aliphatic hydroxyl groups excluding tert-OH is 1. The van der Waals surface area contributed by atoms with E-state index in [2.05, 4.69) is 6.07 Å². The molecule has 0 aromatic heterocycles. The van der Waals surface area contributed by atoms with Crippen LogP contribution in [0.25, 0.3) is 0 Å². The fourth-order valence-electron chi connectivity index (χ4n) is 1.76. The van der Waals surface area contributed by atoms with E-state index in [9.17, 15) is 0 Å². The maximum atomic E-state index is 9.06. The maximum absolute atomic E-state index is 9.06. The quantitative estimate of drug-likeness (QED) is 0.710. The van der Waals surface area contributed by atoms with Crippen molar-refractivity contribution in [3.05, 3.63) is 23.8 Å². The standard InChI is InChI=1S/C15H22N2O3/c1-15(17,11-16)7-3-4-8-20-13-6-5-12(10-18)9-14(13)19-2/h5-6,9,18H,3-4,7-8,10,17H2,1-2H3. The van der Waals surface area contributed by atoms with E-state index in [1.807, 2.05) is 0 Å². The van der Waals surface area contributed by atoms with Crippen molar-refractivity contribution >= 4 is 0 Å². The van der Waals surface area contributed by atoms with E-state index in [-0.39, 0.29) is 6.61 Å². The van der Waals surface area contributed by atoms with E-state index < -0.39 is 5.54 Å². The van der Waals surface area contributed by atoms with E-state index in [1.54, 1.807) is 32.2 Å². The smallest absolute Gasteiger partial charge is 0.161 e. The highest BCUT2D eigenvalue weighted by Gasteiger charge is 2.16. The van der Waals surface area contributed by atoms with Crippen molar-refractivity contribution in [2.75, 3.05) is 13.7 Å². The topological polar surface area (TPSA) is 88.5 Å². The second-order valence-corrected chi connectivity index (χ2v) is 4.98. The number of nitrogens with zero attached hydrogens (tertiary/aromatic N) is 1. The molecule has 1 atom stereocenters. The molecular formula is C15H22N2O3. The minimum Gasteiger partial charge on any atom is -0.493 e. The van der Waals surface area contributed by atoms with E-state index in [1.165, 1.54) is 0 Å². The molecule has 0 spiro atoms. The molecule has 5 heteroatoms. The van der Waals surface area contributed by atoms with Crippen LogP contribution in [-0.2, 0) is 6.61 Å². The minimum atomic E-state index is -0.763. The number of unbranched alkanes of at least 4 members (excludes halogenated alkanes) is 1. The normalized spacial score (nSPS) is 13.3. The molecule has 0 fully saturated rings. The number of benzene rings is 1. The van der Waals surface area contributed by atoms with Crippen molar-refractivity contribution in [1.82, 2.24) is 0 Å². The van der Waals surface area contributed by atoms with Crippen LogP contribution in [0.2, 0.25) is 0 Å². The number of aliphatic hydroxyl groups is 1. The maximum Gasteiger partial charge on any atom is 0.161 e. The van der Waals surface area contributed by atoms with Crippen molar-refractivity contribution in [3.63, 3.8) is 0 Å². The number of rotatable bonds is 8. The first-order valence-electron chi connectivity index (χ1n) is 6.63. The van der Waals surface area contributed by atoms with Crippen molar-refractivity contribution in [1.29, 1.82) is 5.26 Å². The lowest BCUT2D eigenvalue weighted by Crippen LogP contribution is -2.33. The Morgan fingerprint density at radius 1 is 1.35 bits per heavy atom. The third-order valence-electron chi connectivity index (χ3n) is 3.01. The molecule has 1 unspecified atom stereocenters. The van der Waals surface area contributed by atoms with Crippen molar-refractivity contribution < 1.29 is 14.6 Å². The zero-order valence-electron chi connectivity index (χ0n) is 12.1. The van der Waals surface area contributed by atoms with Crippen LogP contribution >= 0.6 is 0 Å². The Balaban J connectivity index is 2.41. The predicted octanol–water partition coefficient (Wildman–Crippen LogP) is 1.98. The Labute approximate surface area is 119 Å². The van der Waals surface area contributed by atoms with Crippen LogP contribution in [0.4, 0.5) is 0 Å². The summed E-state index contributed by atoms with van der Waals surface area (Å²) in [6.45, 7) is 2.24. The van der Waals surface area contributed by atoms with Gasteiger partial charge in [0, 0.05) is 0 Å². The highest BCUT2D eigenvalue weighted by molar-refractivity contribution is 5.42. The van der Waals surface area contributed by atoms with Crippen LogP contribution in [-0.4, -0.2) is 24.4 Å². The van der Waals surface area contributed by atoms with Gasteiger partial charge in [-0.1, -0.05) is 6.07 Å². The molecule has 3 N–H and O–H groups in total. The Morgan fingerprint density at radius 3 is 2.70 bits per heavy atom. The minimum absolute atomic E-state index is 0.0279. The van der Waals surface area contributed by atoms with E-state index in [0.29, 0.717) is 24.5 Å². The number of nitrogens with two attached hydrogens (primary N) is 1. The Kier molecular flexibility index (Phi) is 6.29. The van der Waals surface area contributed by atoms with Gasteiger partial charge in [0.1, 0.15) is 5.54 Å². The summed E-state index contributed by atoms with van der Waals surface area (Å²) in [5, 5.41) is 17.9. The Morgan fingerprint density at radius 2 is 2.10 bits per heavy atom. The number of ether oxygens (including phenoxy) is 2. The van der Waals surface area contributed by atoms with Crippen molar-refractivity contribution in [2.45, 2.75) is 38.3 Å². The van der Waals surface area contributed by atoms with Gasteiger partial charge in [-0.3, -0.25) is 0 Å². The van der Waals surface area contributed by atoms with Gasteiger partial charge in [0.2, 0.25) is 0 Å². The molecule has 0 aliphatic heterocycles. The molecule has 110 valence electrons. The molecule has 5 nitrogen and oxygen atoms in total. The lowest BCUT2D eigenvalue weighted by Gasteiger charge is -2.15. The van der Waals surface area contributed by atoms with E-state index in [4.69, 9.17) is 25.6 Å². The lowest BCUT2D eigenvalue weighted by atomic mass is 9.98. The fraction of sp³-hybridized carbons (Fsp3) is 0.533. The van der Waals surface area contributed by atoms with Crippen molar-refractivity contribution in [3.8, 4) is 17.6 Å². The summed E-state index contributed by atoms with van der Waals surface area (Å²) < 4.78 is 10.9. The number of nitriles is 1. The summed E-state index contributed by atoms with van der Waals surface area (Å²) in [5.41, 5.74) is 5.76. The average Bonchev–Trinajstić information content (AvgIpc) is 2.46. The predicted molar refractivity (Wildman–Crippen MR) is 76.5 cm³/mol. The molecule has 20 heavy (non-hydrogen) atoms. The monoisotopic (exact) mass is 278 g/mol. The second kappa shape index (κ2) is 7.73. The van der Waals surface area contributed by atoms with Gasteiger partial charge < -0.3 is 20.3 Å². The molecule has 1 aromatic carbocycles.